The lowest BCUT2D eigenvalue weighted by Crippen LogP contribution is -2.41. The lowest BCUT2D eigenvalue weighted by molar-refractivity contribution is 0.0963. The molecule has 0 fully saturated rings. The normalized spacial score (nSPS) is 11.1. The molecule has 0 spiro atoms. The smallest absolute Gasteiger partial charge is 0.251 e. The molecule has 6 heteroatoms. The van der Waals surface area contributed by atoms with Gasteiger partial charge in [-0.15, -0.1) is 0 Å². The molecule has 0 atom stereocenters. The Labute approximate surface area is 174 Å². The number of hydrogen-bond acceptors (Lipinski definition) is 3. The van der Waals surface area contributed by atoms with E-state index < -0.39 is 0 Å². The number of nitrogens with one attached hydrogen (secondary N) is 3. The molecule has 3 N–H and O–H groups in total. The number of hydrogen-bond donors (Lipinski definition) is 3. The zero-order valence-corrected chi connectivity index (χ0v) is 18.0. The number of benzene rings is 2. The minimum absolute atomic E-state index is 0.0864. The van der Waals surface area contributed by atoms with E-state index in [-0.39, 0.29) is 5.91 Å². The molecule has 0 aliphatic carbocycles. The fourth-order valence-electron chi connectivity index (χ4n) is 3.07. The van der Waals surface area contributed by atoms with Crippen molar-refractivity contribution in [2.45, 2.75) is 27.3 Å². The van der Waals surface area contributed by atoms with Crippen LogP contribution in [0.3, 0.4) is 0 Å². The molecule has 0 aliphatic rings. The molecular weight excluding hydrogens is 362 g/mol. The van der Waals surface area contributed by atoms with Crippen LogP contribution in [0.25, 0.3) is 0 Å². The first-order valence-electron chi connectivity index (χ1n) is 10.2. The van der Waals surface area contributed by atoms with Gasteiger partial charge in [0, 0.05) is 44.5 Å². The average molecular weight is 396 g/mol. The maximum Gasteiger partial charge on any atom is 0.251 e. The van der Waals surface area contributed by atoms with Crippen LogP contribution in [0.2, 0.25) is 0 Å². The van der Waals surface area contributed by atoms with Gasteiger partial charge in [-0.05, 0) is 56.2 Å². The Morgan fingerprint density at radius 1 is 1.07 bits per heavy atom. The molecule has 0 saturated heterocycles. The second-order valence-corrected chi connectivity index (χ2v) is 6.82. The van der Waals surface area contributed by atoms with Crippen molar-refractivity contribution in [3.8, 4) is 0 Å². The van der Waals surface area contributed by atoms with Gasteiger partial charge in [0.05, 0.1) is 6.54 Å². The Kier molecular flexibility index (Phi) is 9.02. The number of carbonyl (C=O) groups is 1. The van der Waals surface area contributed by atoms with E-state index in [4.69, 9.17) is 0 Å². The SMILES string of the molecule is CCNC(=NCc1cccc(C(=O)NC)c1)NCCN(CC)c1cccc(C)c1. The summed E-state index contributed by atoms with van der Waals surface area (Å²) in [6, 6.07) is 16.1. The second-order valence-electron chi connectivity index (χ2n) is 6.82. The van der Waals surface area contributed by atoms with Crippen molar-refractivity contribution < 1.29 is 4.79 Å². The summed E-state index contributed by atoms with van der Waals surface area (Å²) in [6.45, 7) is 10.3. The molecule has 2 rings (SSSR count). The maximum absolute atomic E-state index is 11.8. The van der Waals surface area contributed by atoms with Gasteiger partial charge in [0.1, 0.15) is 0 Å². The third kappa shape index (κ3) is 7.14. The van der Waals surface area contributed by atoms with Crippen LogP contribution in [-0.4, -0.2) is 45.1 Å². The highest BCUT2D eigenvalue weighted by Crippen LogP contribution is 2.15. The van der Waals surface area contributed by atoms with Crippen molar-refractivity contribution in [1.29, 1.82) is 0 Å². The number of amides is 1. The number of nitrogens with zero attached hydrogens (tertiary/aromatic N) is 2. The Balaban J connectivity index is 1.96. The highest BCUT2D eigenvalue weighted by molar-refractivity contribution is 5.94. The van der Waals surface area contributed by atoms with Gasteiger partial charge in [0.15, 0.2) is 5.96 Å². The number of carbonyl (C=O) groups excluding carboxylic acids is 1. The lowest BCUT2D eigenvalue weighted by atomic mass is 10.1. The summed E-state index contributed by atoms with van der Waals surface area (Å²) in [5, 5.41) is 9.34. The molecule has 0 aromatic heterocycles. The highest BCUT2D eigenvalue weighted by Gasteiger charge is 2.06. The molecule has 0 radical (unpaired) electrons. The van der Waals surface area contributed by atoms with Crippen molar-refractivity contribution >= 4 is 17.6 Å². The van der Waals surface area contributed by atoms with Crippen LogP contribution in [0.1, 0.15) is 35.3 Å². The summed E-state index contributed by atoms with van der Waals surface area (Å²) in [4.78, 5) is 18.8. The minimum Gasteiger partial charge on any atom is -0.370 e. The Hall–Kier alpha value is -3.02. The average Bonchev–Trinajstić information content (AvgIpc) is 2.74. The quantitative estimate of drug-likeness (QED) is 0.451. The zero-order chi connectivity index (χ0) is 21.1. The van der Waals surface area contributed by atoms with Crippen LogP contribution in [0.5, 0.6) is 0 Å². The van der Waals surface area contributed by atoms with Crippen LogP contribution >= 0.6 is 0 Å². The molecule has 0 bridgehead atoms. The van der Waals surface area contributed by atoms with Gasteiger partial charge >= 0.3 is 0 Å². The summed E-state index contributed by atoms with van der Waals surface area (Å²) in [5.74, 6) is 0.690. The van der Waals surface area contributed by atoms with Crippen LogP contribution in [-0.2, 0) is 6.54 Å². The van der Waals surface area contributed by atoms with E-state index in [1.807, 2.05) is 18.2 Å². The summed E-state index contributed by atoms with van der Waals surface area (Å²) >= 11 is 0. The molecule has 0 unspecified atom stereocenters. The Morgan fingerprint density at radius 2 is 1.86 bits per heavy atom. The number of likely N-dealkylation sites (N-methyl/N-ethyl adjacent to an activating group) is 1. The Morgan fingerprint density at radius 3 is 2.55 bits per heavy atom. The molecule has 2 aromatic rings. The largest absolute Gasteiger partial charge is 0.370 e. The van der Waals surface area contributed by atoms with E-state index in [9.17, 15) is 4.79 Å². The van der Waals surface area contributed by atoms with E-state index in [0.29, 0.717) is 12.1 Å². The van der Waals surface area contributed by atoms with Crippen molar-refractivity contribution in [2.75, 3.05) is 38.1 Å². The van der Waals surface area contributed by atoms with Crippen molar-refractivity contribution in [3.63, 3.8) is 0 Å². The van der Waals surface area contributed by atoms with Crippen LogP contribution < -0.4 is 20.9 Å². The van der Waals surface area contributed by atoms with Gasteiger partial charge in [0.25, 0.3) is 5.91 Å². The topological polar surface area (TPSA) is 68.8 Å². The highest BCUT2D eigenvalue weighted by atomic mass is 16.1. The number of anilines is 1. The van der Waals surface area contributed by atoms with Crippen molar-refractivity contribution in [1.82, 2.24) is 16.0 Å². The summed E-state index contributed by atoms with van der Waals surface area (Å²) in [7, 11) is 1.64. The first-order valence-corrected chi connectivity index (χ1v) is 10.2. The van der Waals surface area contributed by atoms with E-state index >= 15 is 0 Å². The third-order valence-electron chi connectivity index (χ3n) is 4.60. The summed E-state index contributed by atoms with van der Waals surface area (Å²) in [5.41, 5.74) is 4.15. The fraction of sp³-hybridized carbons (Fsp3) is 0.391. The molecule has 29 heavy (non-hydrogen) atoms. The maximum atomic E-state index is 11.8. The first-order chi connectivity index (χ1) is 14.1. The zero-order valence-electron chi connectivity index (χ0n) is 18.0. The number of aryl methyl sites for hydroxylation is 1. The molecule has 1 amide bonds. The van der Waals surface area contributed by atoms with E-state index in [0.717, 1.165) is 37.7 Å². The summed E-state index contributed by atoms with van der Waals surface area (Å²) in [6.07, 6.45) is 0. The standard InChI is InChI=1S/C23H33N5O/c1-5-25-23(27-17-19-10-8-11-20(16-19)22(29)24-4)26-13-14-28(6-2)21-12-7-9-18(3)15-21/h7-12,15-16H,5-6,13-14,17H2,1-4H3,(H,24,29)(H2,25,26,27). The van der Waals surface area contributed by atoms with E-state index in [2.05, 4.69) is 70.9 Å². The first kappa shape index (κ1) is 22.3. The Bertz CT molecular complexity index is 818. The van der Waals surface area contributed by atoms with Gasteiger partial charge < -0.3 is 20.9 Å². The molecule has 2 aromatic carbocycles. The predicted molar refractivity (Wildman–Crippen MR) is 122 cm³/mol. The fourth-order valence-corrected chi connectivity index (χ4v) is 3.07. The predicted octanol–water partition coefficient (Wildman–Crippen LogP) is 2.94. The van der Waals surface area contributed by atoms with Gasteiger partial charge in [-0.2, -0.15) is 0 Å². The molecule has 156 valence electrons. The van der Waals surface area contributed by atoms with Crippen molar-refractivity contribution in [3.05, 3.63) is 65.2 Å². The van der Waals surface area contributed by atoms with Gasteiger partial charge in [-0.1, -0.05) is 24.3 Å². The van der Waals surface area contributed by atoms with E-state index in [1.165, 1.54) is 11.3 Å². The number of rotatable bonds is 9. The number of guanidine groups is 1. The van der Waals surface area contributed by atoms with Crippen LogP contribution in [0.15, 0.2) is 53.5 Å². The van der Waals surface area contributed by atoms with Crippen molar-refractivity contribution in [2.24, 2.45) is 4.99 Å². The molecule has 0 saturated carbocycles. The minimum atomic E-state index is -0.0864. The number of aliphatic imine (C=N–C) groups is 1. The summed E-state index contributed by atoms with van der Waals surface area (Å²) < 4.78 is 0. The van der Waals surface area contributed by atoms with E-state index in [1.54, 1.807) is 13.1 Å². The molecular formula is C23H33N5O. The molecule has 0 heterocycles. The van der Waals surface area contributed by atoms with Crippen LogP contribution in [0.4, 0.5) is 5.69 Å². The molecule has 6 nitrogen and oxygen atoms in total. The van der Waals surface area contributed by atoms with Crippen LogP contribution in [0, 0.1) is 6.92 Å². The van der Waals surface area contributed by atoms with Gasteiger partial charge in [-0.25, -0.2) is 4.99 Å². The second kappa shape index (κ2) is 11.7. The molecule has 0 aliphatic heterocycles. The lowest BCUT2D eigenvalue weighted by Gasteiger charge is -2.24. The van der Waals surface area contributed by atoms with Gasteiger partial charge in [0.2, 0.25) is 0 Å². The van der Waals surface area contributed by atoms with Gasteiger partial charge in [-0.3, -0.25) is 4.79 Å². The third-order valence-corrected chi connectivity index (χ3v) is 4.60. The monoisotopic (exact) mass is 395 g/mol.